The Hall–Kier alpha value is -1.97. The summed E-state index contributed by atoms with van der Waals surface area (Å²) in [5.74, 6) is 0.519. The van der Waals surface area contributed by atoms with Crippen LogP contribution in [0.25, 0.3) is 0 Å². The van der Waals surface area contributed by atoms with Crippen LogP contribution in [0.1, 0.15) is 30.7 Å². The summed E-state index contributed by atoms with van der Waals surface area (Å²) in [4.78, 5) is 0. The van der Waals surface area contributed by atoms with Crippen molar-refractivity contribution in [2.45, 2.75) is 33.2 Å². The molecule has 1 aromatic carbocycles. The molecule has 0 aliphatic carbocycles. The third-order valence-electron chi connectivity index (χ3n) is 3.10. The summed E-state index contributed by atoms with van der Waals surface area (Å²) >= 11 is 0. The number of halogens is 1. The first-order valence-electron chi connectivity index (χ1n) is 6.23. The van der Waals surface area contributed by atoms with Crippen LogP contribution >= 0.6 is 0 Å². The van der Waals surface area contributed by atoms with Crippen molar-refractivity contribution in [1.82, 2.24) is 10.2 Å². The second-order valence-electron chi connectivity index (χ2n) is 5.27. The maximum Gasteiger partial charge on any atom is 0.152 e. The smallest absolute Gasteiger partial charge is 0.152 e. The molecule has 3 nitrogen and oxygen atoms in total. The van der Waals surface area contributed by atoms with Crippen LogP contribution in [0.4, 0.5) is 10.2 Å². The van der Waals surface area contributed by atoms with Gasteiger partial charge >= 0.3 is 0 Å². The van der Waals surface area contributed by atoms with Gasteiger partial charge in [-0.15, -0.1) is 5.10 Å². The van der Waals surface area contributed by atoms with Gasteiger partial charge in [-0.2, -0.15) is 5.10 Å². The molecular weight excluding hydrogens is 241 g/mol. The molecule has 2 aromatic rings. The zero-order valence-electron chi connectivity index (χ0n) is 11.7. The van der Waals surface area contributed by atoms with Gasteiger partial charge in [-0.3, -0.25) is 0 Å². The summed E-state index contributed by atoms with van der Waals surface area (Å²) in [6.07, 6.45) is 0. The summed E-state index contributed by atoms with van der Waals surface area (Å²) in [6, 6.07) is 8.47. The van der Waals surface area contributed by atoms with Crippen LogP contribution in [0.15, 0.2) is 30.3 Å². The van der Waals surface area contributed by atoms with E-state index in [4.69, 9.17) is 0 Å². The van der Waals surface area contributed by atoms with Crippen LogP contribution < -0.4 is 5.32 Å². The van der Waals surface area contributed by atoms with Crippen molar-refractivity contribution in [1.29, 1.82) is 0 Å². The number of aromatic nitrogens is 2. The molecule has 100 valence electrons. The third-order valence-corrected chi connectivity index (χ3v) is 3.10. The van der Waals surface area contributed by atoms with Crippen LogP contribution in [0.2, 0.25) is 0 Å². The summed E-state index contributed by atoms with van der Waals surface area (Å²) in [6.45, 7) is 7.96. The summed E-state index contributed by atoms with van der Waals surface area (Å²) in [5, 5.41) is 11.6. The lowest BCUT2D eigenvalue weighted by Gasteiger charge is -2.28. The zero-order valence-corrected chi connectivity index (χ0v) is 11.7. The van der Waals surface area contributed by atoms with Gasteiger partial charge < -0.3 is 5.32 Å². The van der Waals surface area contributed by atoms with Crippen molar-refractivity contribution in [3.05, 3.63) is 53.0 Å². The van der Waals surface area contributed by atoms with E-state index in [2.05, 4.69) is 15.5 Å². The second kappa shape index (κ2) is 4.96. The molecular formula is C15H18FN3. The molecule has 1 heterocycles. The highest BCUT2D eigenvalue weighted by Gasteiger charge is 2.21. The minimum atomic E-state index is -0.345. The normalized spacial score (nSPS) is 11.4. The summed E-state index contributed by atoms with van der Waals surface area (Å²) in [7, 11) is 0. The van der Waals surface area contributed by atoms with E-state index in [1.165, 1.54) is 12.1 Å². The molecule has 0 fully saturated rings. The van der Waals surface area contributed by atoms with Crippen LogP contribution in [0, 0.1) is 19.7 Å². The Morgan fingerprint density at radius 3 is 2.26 bits per heavy atom. The van der Waals surface area contributed by atoms with E-state index in [1.54, 1.807) is 12.1 Å². The number of benzene rings is 1. The highest BCUT2D eigenvalue weighted by atomic mass is 19.1. The number of aryl methyl sites for hydroxylation is 2. The van der Waals surface area contributed by atoms with Crippen LogP contribution in [-0.4, -0.2) is 10.2 Å². The first-order valence-corrected chi connectivity index (χ1v) is 6.23. The van der Waals surface area contributed by atoms with Gasteiger partial charge in [0.15, 0.2) is 5.82 Å². The summed E-state index contributed by atoms with van der Waals surface area (Å²) in [5.41, 5.74) is 2.59. The lowest BCUT2D eigenvalue weighted by Crippen LogP contribution is -2.29. The molecule has 0 saturated heterocycles. The van der Waals surface area contributed by atoms with Gasteiger partial charge in [0.1, 0.15) is 5.82 Å². The van der Waals surface area contributed by atoms with Crippen molar-refractivity contribution < 1.29 is 4.39 Å². The number of hydrogen-bond acceptors (Lipinski definition) is 3. The fraction of sp³-hybridized carbons (Fsp3) is 0.333. The van der Waals surface area contributed by atoms with Crippen molar-refractivity contribution in [3.8, 4) is 0 Å². The van der Waals surface area contributed by atoms with Gasteiger partial charge in [0.05, 0.1) is 11.2 Å². The van der Waals surface area contributed by atoms with Crippen LogP contribution in [-0.2, 0) is 5.54 Å². The predicted molar refractivity (Wildman–Crippen MR) is 74.6 cm³/mol. The fourth-order valence-corrected chi connectivity index (χ4v) is 1.98. The van der Waals surface area contributed by atoms with E-state index < -0.39 is 0 Å². The van der Waals surface area contributed by atoms with Crippen LogP contribution in [0.3, 0.4) is 0 Å². The topological polar surface area (TPSA) is 37.8 Å². The second-order valence-corrected chi connectivity index (χ2v) is 5.27. The molecule has 0 aliphatic heterocycles. The Labute approximate surface area is 112 Å². The average Bonchev–Trinajstić information content (AvgIpc) is 2.33. The predicted octanol–water partition coefficient (Wildman–Crippen LogP) is 3.58. The van der Waals surface area contributed by atoms with Gasteiger partial charge in [0, 0.05) is 0 Å². The highest BCUT2D eigenvalue weighted by molar-refractivity contribution is 5.46. The molecule has 19 heavy (non-hydrogen) atoms. The highest BCUT2D eigenvalue weighted by Crippen LogP contribution is 2.26. The SMILES string of the molecule is Cc1cc(C)c(NC(C)(C)c2ccc(F)cc2)nn1. The van der Waals surface area contributed by atoms with Gasteiger partial charge in [0.2, 0.25) is 0 Å². The first-order chi connectivity index (χ1) is 8.88. The Morgan fingerprint density at radius 2 is 1.68 bits per heavy atom. The maximum absolute atomic E-state index is 13.0. The Balaban J connectivity index is 2.27. The molecule has 0 bridgehead atoms. The van der Waals surface area contributed by atoms with Gasteiger partial charge in [0.25, 0.3) is 0 Å². The lowest BCUT2D eigenvalue weighted by molar-refractivity contribution is 0.593. The molecule has 1 aromatic heterocycles. The largest absolute Gasteiger partial charge is 0.359 e. The number of rotatable bonds is 3. The van der Waals surface area contributed by atoms with Crippen molar-refractivity contribution in [2.24, 2.45) is 0 Å². The molecule has 0 unspecified atom stereocenters. The first kappa shape index (κ1) is 13.5. The molecule has 0 spiro atoms. The van der Waals surface area contributed by atoms with Gasteiger partial charge in [-0.25, -0.2) is 4.39 Å². The number of anilines is 1. The molecule has 0 saturated carbocycles. The maximum atomic E-state index is 13.0. The Kier molecular flexibility index (Phi) is 3.51. The van der Waals surface area contributed by atoms with E-state index in [0.29, 0.717) is 0 Å². The number of hydrogen-bond donors (Lipinski definition) is 1. The zero-order chi connectivity index (χ0) is 14.0. The van der Waals surface area contributed by atoms with Crippen molar-refractivity contribution >= 4 is 5.82 Å². The lowest BCUT2D eigenvalue weighted by atomic mass is 9.94. The number of nitrogens with one attached hydrogen (secondary N) is 1. The quantitative estimate of drug-likeness (QED) is 0.915. The summed E-state index contributed by atoms with van der Waals surface area (Å²) < 4.78 is 13.0. The van der Waals surface area contributed by atoms with E-state index in [1.807, 2.05) is 33.8 Å². The van der Waals surface area contributed by atoms with Crippen LogP contribution in [0.5, 0.6) is 0 Å². The van der Waals surface area contributed by atoms with Crippen molar-refractivity contribution in [2.75, 3.05) is 5.32 Å². The molecule has 4 heteroatoms. The molecule has 0 aliphatic rings. The third kappa shape index (κ3) is 3.08. The molecule has 2 rings (SSSR count). The Bertz CT molecular complexity index is 576. The molecule has 0 amide bonds. The molecule has 0 atom stereocenters. The van der Waals surface area contributed by atoms with Crippen molar-refractivity contribution in [3.63, 3.8) is 0 Å². The number of nitrogens with zero attached hydrogens (tertiary/aromatic N) is 2. The average molecular weight is 259 g/mol. The fourth-order valence-electron chi connectivity index (χ4n) is 1.98. The van der Waals surface area contributed by atoms with Gasteiger partial charge in [-0.1, -0.05) is 12.1 Å². The van der Waals surface area contributed by atoms with E-state index in [9.17, 15) is 4.39 Å². The minimum Gasteiger partial charge on any atom is -0.359 e. The van der Waals surface area contributed by atoms with E-state index in [0.717, 1.165) is 22.6 Å². The monoisotopic (exact) mass is 259 g/mol. The van der Waals surface area contributed by atoms with E-state index >= 15 is 0 Å². The minimum absolute atomic E-state index is 0.231. The van der Waals surface area contributed by atoms with E-state index in [-0.39, 0.29) is 11.4 Å². The molecule has 0 radical (unpaired) electrons. The molecule has 1 N–H and O–H groups in total. The Morgan fingerprint density at radius 1 is 1.05 bits per heavy atom. The standard InChI is InChI=1S/C15H18FN3/c1-10-9-11(2)18-19-14(10)17-15(3,4)12-5-7-13(16)8-6-12/h5-9H,1-4H3,(H,17,19). The van der Waals surface area contributed by atoms with Gasteiger partial charge in [-0.05, 0) is 57.0 Å².